The Hall–Kier alpha value is -0.940. The minimum atomic E-state index is -0.358. The van der Waals surface area contributed by atoms with E-state index in [1.54, 1.807) is 7.11 Å². The van der Waals surface area contributed by atoms with E-state index >= 15 is 0 Å². The predicted molar refractivity (Wildman–Crippen MR) is 77.2 cm³/mol. The molecule has 1 aliphatic rings. The van der Waals surface area contributed by atoms with Gasteiger partial charge in [-0.2, -0.15) is 4.98 Å². The summed E-state index contributed by atoms with van der Waals surface area (Å²) < 4.78 is 11.1. The van der Waals surface area contributed by atoms with Gasteiger partial charge in [0.15, 0.2) is 0 Å². The molecule has 1 aromatic rings. The van der Waals surface area contributed by atoms with Gasteiger partial charge in [-0.1, -0.05) is 25.4 Å². The molecule has 0 spiro atoms. The first-order valence-corrected chi connectivity index (χ1v) is 7.73. The predicted octanol–water partition coefficient (Wildman–Crippen LogP) is 2.79. The summed E-state index contributed by atoms with van der Waals surface area (Å²) in [6, 6.07) is 0.0955. The molecular formula is C15H27N3O2. The summed E-state index contributed by atoms with van der Waals surface area (Å²) in [5.74, 6) is 2.09. The highest BCUT2D eigenvalue weighted by Gasteiger charge is 2.40. The first kappa shape index (κ1) is 15.4. The fraction of sp³-hybridized carbons (Fsp3) is 0.867. The maximum absolute atomic E-state index is 6.03. The summed E-state index contributed by atoms with van der Waals surface area (Å²) in [7, 11) is 1.74. The van der Waals surface area contributed by atoms with Crippen LogP contribution >= 0.6 is 0 Å². The number of nitrogens with two attached hydrogens (primary N) is 1. The number of hydrogen-bond donors (Lipinski definition) is 1. The average Bonchev–Trinajstić information content (AvgIpc) is 2.89. The quantitative estimate of drug-likeness (QED) is 0.868. The van der Waals surface area contributed by atoms with Crippen LogP contribution in [0.5, 0.6) is 0 Å². The molecule has 0 bridgehead atoms. The molecule has 2 rings (SSSR count). The highest BCUT2D eigenvalue weighted by molar-refractivity contribution is 5.04. The van der Waals surface area contributed by atoms with Crippen LogP contribution in [0.2, 0.25) is 0 Å². The second-order valence-corrected chi connectivity index (χ2v) is 6.15. The van der Waals surface area contributed by atoms with Crippen LogP contribution in [0.4, 0.5) is 0 Å². The molecule has 1 aromatic heterocycles. The first-order chi connectivity index (χ1) is 9.59. The second-order valence-electron chi connectivity index (χ2n) is 6.15. The van der Waals surface area contributed by atoms with Gasteiger partial charge in [-0.15, -0.1) is 0 Å². The Kier molecular flexibility index (Phi) is 5.16. The van der Waals surface area contributed by atoms with Gasteiger partial charge < -0.3 is 15.0 Å². The van der Waals surface area contributed by atoms with E-state index in [9.17, 15) is 0 Å². The number of nitrogens with zero attached hydrogens (tertiary/aromatic N) is 2. The van der Waals surface area contributed by atoms with E-state index in [4.69, 9.17) is 15.0 Å². The SMILES string of the molecule is CCCC(N)Cc1nc(C2(OC)CCC(C)CC2)no1. The van der Waals surface area contributed by atoms with Crippen LogP contribution in [0.15, 0.2) is 4.52 Å². The zero-order chi connectivity index (χ0) is 14.6. The summed E-state index contributed by atoms with van der Waals surface area (Å²) in [5.41, 5.74) is 5.67. The fourth-order valence-electron chi connectivity index (χ4n) is 2.97. The van der Waals surface area contributed by atoms with Gasteiger partial charge in [0.1, 0.15) is 5.60 Å². The van der Waals surface area contributed by atoms with E-state index in [1.165, 1.54) is 0 Å². The molecule has 5 nitrogen and oxygen atoms in total. The molecule has 0 aromatic carbocycles. The first-order valence-electron chi connectivity index (χ1n) is 7.73. The van der Waals surface area contributed by atoms with Gasteiger partial charge in [0.05, 0.1) is 0 Å². The van der Waals surface area contributed by atoms with Gasteiger partial charge in [-0.3, -0.25) is 0 Å². The van der Waals surface area contributed by atoms with Gasteiger partial charge in [0.2, 0.25) is 11.7 Å². The standard InChI is InChI=1S/C15H27N3O2/c1-4-5-12(16)10-13-17-14(18-20-13)15(19-3)8-6-11(2)7-9-15/h11-12H,4-10,16H2,1-3H3. The summed E-state index contributed by atoms with van der Waals surface area (Å²) in [4.78, 5) is 4.54. The molecule has 1 heterocycles. The maximum atomic E-state index is 6.03. The third kappa shape index (κ3) is 3.38. The molecule has 5 heteroatoms. The van der Waals surface area contributed by atoms with E-state index in [-0.39, 0.29) is 11.6 Å². The number of aromatic nitrogens is 2. The normalized spacial score (nSPS) is 28.5. The average molecular weight is 281 g/mol. The molecule has 2 N–H and O–H groups in total. The molecule has 1 unspecified atom stereocenters. The zero-order valence-electron chi connectivity index (χ0n) is 12.9. The fourth-order valence-corrected chi connectivity index (χ4v) is 2.97. The van der Waals surface area contributed by atoms with Gasteiger partial charge in [-0.25, -0.2) is 0 Å². The van der Waals surface area contributed by atoms with E-state index in [1.807, 2.05) is 0 Å². The molecule has 0 aliphatic heterocycles. The van der Waals surface area contributed by atoms with Crippen molar-refractivity contribution < 1.29 is 9.26 Å². The lowest BCUT2D eigenvalue weighted by Crippen LogP contribution is -2.34. The smallest absolute Gasteiger partial charge is 0.228 e. The second kappa shape index (κ2) is 6.68. The molecule has 20 heavy (non-hydrogen) atoms. The summed E-state index contributed by atoms with van der Waals surface area (Å²) in [6.45, 7) is 4.41. The van der Waals surface area contributed by atoms with Crippen molar-refractivity contribution in [2.45, 2.75) is 70.4 Å². The Morgan fingerprint density at radius 3 is 2.75 bits per heavy atom. The van der Waals surface area contributed by atoms with Crippen LogP contribution in [0.1, 0.15) is 64.1 Å². The minimum Gasteiger partial charge on any atom is -0.370 e. The summed E-state index contributed by atoms with van der Waals surface area (Å²) in [5, 5.41) is 4.15. The summed E-state index contributed by atoms with van der Waals surface area (Å²) >= 11 is 0. The largest absolute Gasteiger partial charge is 0.370 e. The van der Waals surface area contributed by atoms with Crippen molar-refractivity contribution in [3.8, 4) is 0 Å². The van der Waals surface area contributed by atoms with Crippen LogP contribution in [-0.4, -0.2) is 23.3 Å². The molecule has 114 valence electrons. The molecule has 0 saturated heterocycles. The van der Waals surface area contributed by atoms with Crippen LogP contribution in [0, 0.1) is 5.92 Å². The van der Waals surface area contributed by atoms with Gasteiger partial charge >= 0.3 is 0 Å². The third-order valence-corrected chi connectivity index (χ3v) is 4.44. The van der Waals surface area contributed by atoms with Crippen molar-refractivity contribution in [3.05, 3.63) is 11.7 Å². The summed E-state index contributed by atoms with van der Waals surface area (Å²) in [6.07, 6.45) is 6.92. The Labute approximate surface area is 121 Å². The molecule has 0 radical (unpaired) electrons. The lowest BCUT2D eigenvalue weighted by atomic mass is 9.79. The Balaban J connectivity index is 2.06. The number of ether oxygens (including phenoxy) is 1. The van der Waals surface area contributed by atoms with Crippen molar-refractivity contribution >= 4 is 0 Å². The van der Waals surface area contributed by atoms with E-state index in [0.717, 1.165) is 44.4 Å². The highest BCUT2D eigenvalue weighted by Crippen LogP contribution is 2.40. The van der Waals surface area contributed by atoms with Crippen LogP contribution < -0.4 is 5.73 Å². The van der Waals surface area contributed by atoms with Crippen LogP contribution in [0.25, 0.3) is 0 Å². The molecule has 1 fully saturated rings. The van der Waals surface area contributed by atoms with Gasteiger partial charge in [-0.05, 0) is 38.0 Å². The van der Waals surface area contributed by atoms with Crippen molar-refractivity contribution in [3.63, 3.8) is 0 Å². The topological polar surface area (TPSA) is 74.2 Å². The van der Waals surface area contributed by atoms with E-state index < -0.39 is 0 Å². The van der Waals surface area contributed by atoms with Gasteiger partial charge in [0, 0.05) is 19.6 Å². The van der Waals surface area contributed by atoms with Crippen molar-refractivity contribution in [2.75, 3.05) is 7.11 Å². The molecule has 1 aliphatic carbocycles. The lowest BCUT2D eigenvalue weighted by molar-refractivity contribution is -0.0609. The zero-order valence-corrected chi connectivity index (χ0v) is 12.9. The van der Waals surface area contributed by atoms with Crippen molar-refractivity contribution in [1.29, 1.82) is 0 Å². The van der Waals surface area contributed by atoms with Gasteiger partial charge in [0.25, 0.3) is 0 Å². The van der Waals surface area contributed by atoms with Crippen molar-refractivity contribution in [1.82, 2.24) is 10.1 Å². The molecule has 1 saturated carbocycles. The van der Waals surface area contributed by atoms with Crippen LogP contribution in [-0.2, 0) is 16.8 Å². The number of methoxy groups -OCH3 is 1. The minimum absolute atomic E-state index is 0.0955. The maximum Gasteiger partial charge on any atom is 0.228 e. The lowest BCUT2D eigenvalue weighted by Gasteiger charge is -2.35. The highest BCUT2D eigenvalue weighted by atomic mass is 16.5. The monoisotopic (exact) mass is 281 g/mol. The molecule has 1 atom stereocenters. The van der Waals surface area contributed by atoms with E-state index in [2.05, 4.69) is 24.0 Å². The third-order valence-electron chi connectivity index (χ3n) is 4.44. The van der Waals surface area contributed by atoms with E-state index in [0.29, 0.717) is 18.1 Å². The Morgan fingerprint density at radius 2 is 2.15 bits per heavy atom. The number of hydrogen-bond acceptors (Lipinski definition) is 5. The molecular weight excluding hydrogens is 254 g/mol. The van der Waals surface area contributed by atoms with Crippen LogP contribution in [0.3, 0.4) is 0 Å². The Morgan fingerprint density at radius 1 is 1.45 bits per heavy atom. The number of rotatable bonds is 6. The van der Waals surface area contributed by atoms with Crippen molar-refractivity contribution in [2.24, 2.45) is 11.7 Å². The molecule has 0 amide bonds. The Bertz CT molecular complexity index is 411.